The van der Waals surface area contributed by atoms with Crippen LogP contribution in [0.4, 0.5) is 0 Å². The first kappa shape index (κ1) is 14.9. The summed E-state index contributed by atoms with van der Waals surface area (Å²) in [7, 11) is 1.59. The van der Waals surface area contributed by atoms with Crippen LogP contribution < -0.4 is 0 Å². The van der Waals surface area contributed by atoms with Crippen molar-refractivity contribution in [3.05, 3.63) is 0 Å². The molecule has 0 aromatic heterocycles. The molecule has 1 fully saturated rings. The van der Waals surface area contributed by atoms with Crippen LogP contribution in [0, 0.1) is 5.41 Å². The van der Waals surface area contributed by atoms with Crippen LogP contribution in [0.5, 0.6) is 0 Å². The van der Waals surface area contributed by atoms with E-state index < -0.39 is 17.4 Å². The number of likely N-dealkylation sites (tertiary alicyclic amines) is 1. The number of aliphatic carboxylic acids is 2. The molecular formula is C12H21NO5. The van der Waals surface area contributed by atoms with E-state index in [0.29, 0.717) is 39.0 Å². The van der Waals surface area contributed by atoms with Gasteiger partial charge in [0.2, 0.25) is 0 Å². The van der Waals surface area contributed by atoms with Crippen LogP contribution in [0.2, 0.25) is 0 Å². The van der Waals surface area contributed by atoms with Crippen LogP contribution in [0.1, 0.15) is 25.7 Å². The molecule has 18 heavy (non-hydrogen) atoms. The van der Waals surface area contributed by atoms with E-state index >= 15 is 0 Å². The van der Waals surface area contributed by atoms with Crippen LogP contribution in [-0.4, -0.2) is 60.4 Å². The maximum atomic E-state index is 11.5. The summed E-state index contributed by atoms with van der Waals surface area (Å²) < 4.78 is 4.95. The van der Waals surface area contributed by atoms with Crippen molar-refractivity contribution in [1.82, 2.24) is 4.90 Å². The van der Waals surface area contributed by atoms with Crippen molar-refractivity contribution in [2.75, 3.05) is 33.4 Å². The van der Waals surface area contributed by atoms with Crippen molar-refractivity contribution < 1.29 is 24.5 Å². The first-order valence-corrected chi connectivity index (χ1v) is 6.17. The average Bonchev–Trinajstić information content (AvgIpc) is 2.28. The van der Waals surface area contributed by atoms with Crippen molar-refractivity contribution in [3.63, 3.8) is 0 Å². The fourth-order valence-corrected chi connectivity index (χ4v) is 2.59. The van der Waals surface area contributed by atoms with Gasteiger partial charge in [-0.05, 0) is 32.2 Å². The van der Waals surface area contributed by atoms with Gasteiger partial charge in [0.05, 0.1) is 12.0 Å². The number of hydrogen-bond acceptors (Lipinski definition) is 4. The lowest BCUT2D eigenvalue weighted by atomic mass is 9.76. The van der Waals surface area contributed by atoms with E-state index in [4.69, 9.17) is 9.84 Å². The van der Waals surface area contributed by atoms with E-state index in [9.17, 15) is 14.7 Å². The summed E-state index contributed by atoms with van der Waals surface area (Å²) in [5.74, 6) is -1.73. The van der Waals surface area contributed by atoms with Gasteiger partial charge in [-0.2, -0.15) is 0 Å². The highest BCUT2D eigenvalue weighted by Gasteiger charge is 2.42. The molecule has 1 heterocycles. The van der Waals surface area contributed by atoms with Crippen LogP contribution >= 0.6 is 0 Å². The minimum Gasteiger partial charge on any atom is -0.481 e. The fraction of sp³-hybridized carbons (Fsp3) is 0.833. The molecule has 1 atom stereocenters. The summed E-state index contributed by atoms with van der Waals surface area (Å²) in [5, 5.41) is 18.2. The highest BCUT2D eigenvalue weighted by atomic mass is 16.5. The average molecular weight is 259 g/mol. The number of carboxylic acid groups (broad SMARTS) is 2. The van der Waals surface area contributed by atoms with Gasteiger partial charge in [0.15, 0.2) is 0 Å². The standard InChI is InChI=1S/C12H21NO5/c1-18-7-3-5-12(11(16)17)4-2-6-13(9-12)8-10(14)15/h2-9H2,1H3,(H,14,15)(H,16,17)/t12-/m1/s1. The number of carboxylic acids is 2. The molecule has 6 nitrogen and oxygen atoms in total. The number of rotatable bonds is 7. The molecule has 1 aliphatic rings. The van der Waals surface area contributed by atoms with Gasteiger partial charge in [-0.1, -0.05) is 0 Å². The number of nitrogens with zero attached hydrogens (tertiary/aromatic N) is 1. The Balaban J connectivity index is 2.64. The smallest absolute Gasteiger partial charge is 0.317 e. The number of carbonyl (C=O) groups is 2. The van der Waals surface area contributed by atoms with E-state index in [0.717, 1.165) is 6.42 Å². The van der Waals surface area contributed by atoms with Gasteiger partial charge >= 0.3 is 11.9 Å². The molecule has 0 amide bonds. The highest BCUT2D eigenvalue weighted by molar-refractivity contribution is 5.75. The monoisotopic (exact) mass is 259 g/mol. The Morgan fingerprint density at radius 1 is 1.39 bits per heavy atom. The van der Waals surface area contributed by atoms with Crippen molar-refractivity contribution in [1.29, 1.82) is 0 Å². The molecule has 1 saturated heterocycles. The Bertz CT molecular complexity index is 307. The summed E-state index contributed by atoms with van der Waals surface area (Å²) in [6, 6.07) is 0. The fourth-order valence-electron chi connectivity index (χ4n) is 2.59. The van der Waals surface area contributed by atoms with Gasteiger partial charge in [-0.3, -0.25) is 14.5 Å². The SMILES string of the molecule is COCCC[C@]1(C(=O)O)CCCN(CC(=O)O)C1. The number of piperidine rings is 1. The Labute approximate surface area is 107 Å². The molecular weight excluding hydrogens is 238 g/mol. The molecule has 1 aliphatic heterocycles. The molecule has 0 radical (unpaired) electrons. The van der Waals surface area contributed by atoms with Crippen molar-refractivity contribution in [2.24, 2.45) is 5.41 Å². The van der Waals surface area contributed by atoms with Crippen LogP contribution in [0.3, 0.4) is 0 Å². The second kappa shape index (κ2) is 6.70. The predicted octanol–water partition coefficient (Wildman–Crippen LogP) is 0.664. The molecule has 0 bridgehead atoms. The zero-order chi connectivity index (χ0) is 13.6. The molecule has 0 aliphatic carbocycles. The van der Waals surface area contributed by atoms with Crippen molar-refractivity contribution in [2.45, 2.75) is 25.7 Å². The summed E-state index contributed by atoms with van der Waals surface area (Å²) in [4.78, 5) is 23.9. The van der Waals surface area contributed by atoms with E-state index in [-0.39, 0.29) is 6.54 Å². The first-order chi connectivity index (χ1) is 8.50. The molecule has 104 valence electrons. The highest BCUT2D eigenvalue weighted by Crippen LogP contribution is 2.35. The Hall–Kier alpha value is -1.14. The predicted molar refractivity (Wildman–Crippen MR) is 64.5 cm³/mol. The van der Waals surface area contributed by atoms with Gasteiger partial charge in [0.1, 0.15) is 0 Å². The van der Waals surface area contributed by atoms with Gasteiger partial charge in [0.25, 0.3) is 0 Å². The summed E-state index contributed by atoms with van der Waals surface area (Å²) in [6.45, 7) is 1.43. The zero-order valence-corrected chi connectivity index (χ0v) is 10.7. The quantitative estimate of drug-likeness (QED) is 0.653. The van der Waals surface area contributed by atoms with E-state index in [1.807, 2.05) is 0 Å². The normalized spacial score (nSPS) is 24.9. The van der Waals surface area contributed by atoms with Gasteiger partial charge in [0, 0.05) is 20.3 Å². The molecule has 1 rings (SSSR count). The Morgan fingerprint density at radius 3 is 2.67 bits per heavy atom. The summed E-state index contributed by atoms with van der Waals surface area (Å²) in [5.41, 5.74) is -0.813. The number of methoxy groups -OCH3 is 1. The molecule has 6 heteroatoms. The topological polar surface area (TPSA) is 87.1 Å². The molecule has 0 saturated carbocycles. The molecule has 2 N–H and O–H groups in total. The largest absolute Gasteiger partial charge is 0.481 e. The first-order valence-electron chi connectivity index (χ1n) is 6.17. The summed E-state index contributed by atoms with van der Waals surface area (Å²) >= 11 is 0. The third kappa shape index (κ3) is 3.96. The van der Waals surface area contributed by atoms with Crippen LogP contribution in [0.25, 0.3) is 0 Å². The maximum Gasteiger partial charge on any atom is 0.317 e. The van der Waals surface area contributed by atoms with Gasteiger partial charge in [-0.25, -0.2) is 0 Å². The second-order valence-electron chi connectivity index (χ2n) is 4.89. The van der Waals surface area contributed by atoms with Crippen molar-refractivity contribution >= 4 is 11.9 Å². The van der Waals surface area contributed by atoms with E-state index in [1.165, 1.54) is 0 Å². The lowest BCUT2D eigenvalue weighted by Gasteiger charge is -2.39. The lowest BCUT2D eigenvalue weighted by Crippen LogP contribution is -2.49. The maximum absolute atomic E-state index is 11.5. The number of hydrogen-bond donors (Lipinski definition) is 2. The van der Waals surface area contributed by atoms with E-state index in [2.05, 4.69) is 0 Å². The van der Waals surface area contributed by atoms with Crippen molar-refractivity contribution in [3.8, 4) is 0 Å². The Kier molecular flexibility index (Phi) is 5.55. The molecule has 0 aromatic carbocycles. The molecule has 0 spiro atoms. The van der Waals surface area contributed by atoms with Gasteiger partial charge < -0.3 is 14.9 Å². The minimum atomic E-state index is -0.909. The van der Waals surface area contributed by atoms with Crippen LogP contribution in [-0.2, 0) is 14.3 Å². The van der Waals surface area contributed by atoms with E-state index in [1.54, 1.807) is 12.0 Å². The lowest BCUT2D eigenvalue weighted by molar-refractivity contribution is -0.155. The number of ether oxygens (including phenoxy) is 1. The van der Waals surface area contributed by atoms with Crippen LogP contribution in [0.15, 0.2) is 0 Å². The zero-order valence-electron chi connectivity index (χ0n) is 10.7. The third-order valence-electron chi connectivity index (χ3n) is 3.47. The molecule has 0 unspecified atom stereocenters. The van der Waals surface area contributed by atoms with Gasteiger partial charge in [-0.15, -0.1) is 0 Å². The molecule has 0 aromatic rings. The Morgan fingerprint density at radius 2 is 2.11 bits per heavy atom. The second-order valence-corrected chi connectivity index (χ2v) is 4.89. The summed E-state index contributed by atoms with van der Waals surface area (Å²) in [6.07, 6.45) is 2.56. The third-order valence-corrected chi connectivity index (χ3v) is 3.47. The minimum absolute atomic E-state index is 0.0840.